The molecule has 2 fully saturated rings. The van der Waals surface area contributed by atoms with Crippen LogP contribution in [0.15, 0.2) is 6.20 Å². The zero-order valence-corrected chi connectivity index (χ0v) is 11.1. The summed E-state index contributed by atoms with van der Waals surface area (Å²) < 4.78 is 13.8. The van der Waals surface area contributed by atoms with Crippen LogP contribution in [0.3, 0.4) is 0 Å². The molecule has 2 saturated heterocycles. The smallest absolute Gasteiger partial charge is 0.183 e. The van der Waals surface area contributed by atoms with E-state index in [9.17, 15) is 4.39 Å². The van der Waals surface area contributed by atoms with Crippen molar-refractivity contribution in [2.75, 3.05) is 18.0 Å². The van der Waals surface area contributed by atoms with Crippen molar-refractivity contribution in [3.8, 4) is 0 Å². The molecular weight excluding hydrogens is 231 g/mol. The molecule has 4 nitrogen and oxygen atoms in total. The second-order valence-corrected chi connectivity index (χ2v) is 5.58. The summed E-state index contributed by atoms with van der Waals surface area (Å²) in [4.78, 5) is 12.8. The molecule has 98 valence electrons. The second-order valence-electron chi connectivity index (χ2n) is 5.58. The van der Waals surface area contributed by atoms with Crippen LogP contribution in [-0.2, 0) is 0 Å². The maximum Gasteiger partial charge on any atom is 0.183 e. The Hall–Kier alpha value is -1.23. The Balaban J connectivity index is 1.83. The van der Waals surface area contributed by atoms with Gasteiger partial charge in [-0.1, -0.05) is 0 Å². The summed E-state index contributed by atoms with van der Waals surface area (Å²) in [6.45, 7) is 8.15. The fourth-order valence-electron chi connectivity index (χ4n) is 3.23. The Labute approximate surface area is 107 Å². The van der Waals surface area contributed by atoms with Gasteiger partial charge in [-0.3, -0.25) is 4.90 Å². The van der Waals surface area contributed by atoms with Gasteiger partial charge in [0.2, 0.25) is 0 Å². The molecule has 2 bridgehead atoms. The van der Waals surface area contributed by atoms with Crippen LogP contribution in [0.25, 0.3) is 0 Å². The fourth-order valence-corrected chi connectivity index (χ4v) is 3.23. The van der Waals surface area contributed by atoms with Gasteiger partial charge < -0.3 is 4.90 Å². The van der Waals surface area contributed by atoms with Crippen LogP contribution >= 0.6 is 0 Å². The molecule has 0 saturated carbocycles. The van der Waals surface area contributed by atoms with Crippen LogP contribution in [0.2, 0.25) is 0 Å². The van der Waals surface area contributed by atoms with E-state index in [0.29, 0.717) is 29.8 Å². The van der Waals surface area contributed by atoms with E-state index in [1.165, 1.54) is 6.20 Å². The van der Waals surface area contributed by atoms with E-state index in [2.05, 4.69) is 33.6 Å². The Morgan fingerprint density at radius 2 is 2.11 bits per heavy atom. The van der Waals surface area contributed by atoms with Crippen molar-refractivity contribution < 1.29 is 4.39 Å². The van der Waals surface area contributed by atoms with Crippen molar-refractivity contribution >= 4 is 5.82 Å². The molecule has 2 unspecified atom stereocenters. The third-order valence-electron chi connectivity index (χ3n) is 4.06. The topological polar surface area (TPSA) is 32.3 Å². The molecule has 5 heteroatoms. The lowest BCUT2D eigenvalue weighted by atomic mass is 10.2. The number of hydrogen-bond acceptors (Lipinski definition) is 4. The molecular formula is C13H19FN4. The second kappa shape index (κ2) is 4.16. The van der Waals surface area contributed by atoms with E-state index >= 15 is 0 Å². The number of hydrogen-bond donors (Lipinski definition) is 0. The molecule has 1 aromatic heterocycles. The predicted octanol–water partition coefficient (Wildman–Crippen LogP) is 1.60. The van der Waals surface area contributed by atoms with Gasteiger partial charge in [0, 0.05) is 31.2 Å². The Bertz CT molecular complexity index is 462. The van der Waals surface area contributed by atoms with Crippen molar-refractivity contribution in [2.45, 2.75) is 45.3 Å². The molecule has 2 aliphatic heterocycles. The van der Waals surface area contributed by atoms with Crippen molar-refractivity contribution in [2.24, 2.45) is 0 Å². The fraction of sp³-hybridized carbons (Fsp3) is 0.692. The minimum atomic E-state index is -0.302. The quantitative estimate of drug-likeness (QED) is 0.798. The molecule has 3 rings (SSSR count). The van der Waals surface area contributed by atoms with E-state index < -0.39 is 0 Å². The number of likely N-dealkylation sites (tertiary alicyclic amines) is 1. The lowest BCUT2D eigenvalue weighted by Gasteiger charge is -2.37. The Morgan fingerprint density at radius 1 is 1.33 bits per heavy atom. The Morgan fingerprint density at radius 3 is 2.72 bits per heavy atom. The van der Waals surface area contributed by atoms with E-state index in [4.69, 9.17) is 0 Å². The first-order valence-electron chi connectivity index (χ1n) is 6.58. The van der Waals surface area contributed by atoms with Gasteiger partial charge >= 0.3 is 0 Å². The number of halogens is 1. The highest BCUT2D eigenvalue weighted by atomic mass is 19.1. The van der Waals surface area contributed by atoms with Crippen molar-refractivity contribution in [1.82, 2.24) is 14.9 Å². The highest BCUT2D eigenvalue weighted by Crippen LogP contribution is 2.35. The maximum atomic E-state index is 13.8. The van der Waals surface area contributed by atoms with Gasteiger partial charge in [0.15, 0.2) is 11.6 Å². The van der Waals surface area contributed by atoms with Crippen LogP contribution in [0.4, 0.5) is 10.2 Å². The van der Waals surface area contributed by atoms with Crippen LogP contribution in [0.1, 0.15) is 26.1 Å². The molecule has 0 N–H and O–H groups in total. The van der Waals surface area contributed by atoms with Gasteiger partial charge in [0.25, 0.3) is 0 Å². The van der Waals surface area contributed by atoms with E-state index in [0.717, 1.165) is 19.5 Å². The van der Waals surface area contributed by atoms with Crippen LogP contribution < -0.4 is 4.90 Å². The van der Waals surface area contributed by atoms with Gasteiger partial charge in [0.1, 0.15) is 5.82 Å². The summed E-state index contributed by atoms with van der Waals surface area (Å²) in [7, 11) is 0. The molecule has 0 aromatic carbocycles. The van der Waals surface area contributed by atoms with Crippen molar-refractivity contribution in [1.29, 1.82) is 0 Å². The highest BCUT2D eigenvalue weighted by Gasteiger charge is 2.45. The first kappa shape index (κ1) is 11.8. The van der Waals surface area contributed by atoms with E-state index in [1.54, 1.807) is 6.92 Å². The van der Waals surface area contributed by atoms with Gasteiger partial charge in [-0.2, -0.15) is 0 Å². The largest absolute Gasteiger partial charge is 0.348 e. The molecule has 2 atom stereocenters. The van der Waals surface area contributed by atoms with Crippen molar-refractivity contribution in [3.05, 3.63) is 17.8 Å². The molecule has 0 radical (unpaired) electrons. The molecule has 3 heterocycles. The summed E-state index contributed by atoms with van der Waals surface area (Å²) in [5, 5.41) is 0. The standard InChI is InChI=1S/C13H19FN4/c1-8(2)17-6-11-4-10(17)7-18(11)13-12(14)5-15-9(3)16-13/h5,8,10-11H,4,6-7H2,1-3H3. The zero-order chi connectivity index (χ0) is 12.9. The number of rotatable bonds is 2. The number of nitrogens with zero attached hydrogens (tertiary/aromatic N) is 4. The summed E-state index contributed by atoms with van der Waals surface area (Å²) in [6.07, 6.45) is 2.41. The number of fused-ring (bicyclic) bond motifs is 2. The highest BCUT2D eigenvalue weighted by molar-refractivity contribution is 5.44. The average Bonchev–Trinajstić information content (AvgIpc) is 2.91. The lowest BCUT2D eigenvalue weighted by Crippen LogP contribution is -2.49. The number of piperazine rings is 1. The van der Waals surface area contributed by atoms with Gasteiger partial charge in [-0.25, -0.2) is 14.4 Å². The summed E-state index contributed by atoms with van der Waals surface area (Å²) >= 11 is 0. The van der Waals surface area contributed by atoms with E-state index in [1.807, 2.05) is 0 Å². The van der Waals surface area contributed by atoms with Gasteiger partial charge in [-0.15, -0.1) is 0 Å². The Kier molecular flexibility index (Phi) is 2.73. The minimum Gasteiger partial charge on any atom is -0.348 e. The van der Waals surface area contributed by atoms with Crippen molar-refractivity contribution in [3.63, 3.8) is 0 Å². The third kappa shape index (κ3) is 1.77. The van der Waals surface area contributed by atoms with Gasteiger partial charge in [0.05, 0.1) is 6.20 Å². The summed E-state index contributed by atoms with van der Waals surface area (Å²) in [5.74, 6) is 0.817. The first-order chi connectivity index (χ1) is 8.56. The molecule has 1 aromatic rings. The molecule has 2 aliphatic rings. The average molecular weight is 250 g/mol. The third-order valence-corrected chi connectivity index (χ3v) is 4.06. The zero-order valence-electron chi connectivity index (χ0n) is 11.1. The number of anilines is 1. The van der Waals surface area contributed by atoms with Crippen LogP contribution in [0.5, 0.6) is 0 Å². The lowest BCUT2D eigenvalue weighted by molar-refractivity contribution is 0.190. The molecule has 0 spiro atoms. The van der Waals surface area contributed by atoms with E-state index in [-0.39, 0.29) is 5.82 Å². The minimum absolute atomic E-state index is 0.302. The monoisotopic (exact) mass is 250 g/mol. The number of aryl methyl sites for hydroxylation is 1. The molecule has 0 aliphatic carbocycles. The first-order valence-corrected chi connectivity index (χ1v) is 6.58. The van der Waals surface area contributed by atoms with Crippen LogP contribution in [-0.4, -0.2) is 46.1 Å². The van der Waals surface area contributed by atoms with Gasteiger partial charge in [-0.05, 0) is 27.2 Å². The van der Waals surface area contributed by atoms with Crippen LogP contribution in [0, 0.1) is 12.7 Å². The molecule has 0 amide bonds. The maximum absolute atomic E-state index is 13.8. The normalized spacial score (nSPS) is 27.5. The summed E-state index contributed by atoms with van der Waals surface area (Å²) in [5.41, 5.74) is 0. The molecule has 18 heavy (non-hydrogen) atoms. The summed E-state index contributed by atoms with van der Waals surface area (Å²) in [6, 6.07) is 1.52. The predicted molar refractivity (Wildman–Crippen MR) is 68.1 cm³/mol. The SMILES string of the molecule is Cc1ncc(F)c(N2CC3CC2CN3C(C)C)n1. The number of aromatic nitrogens is 2.